The van der Waals surface area contributed by atoms with E-state index in [1.165, 1.54) is 6.07 Å². The quantitative estimate of drug-likeness (QED) is 0.380. The molecule has 0 aliphatic rings. The van der Waals surface area contributed by atoms with Crippen molar-refractivity contribution >= 4 is 74.5 Å². The molecule has 0 bridgehead atoms. The van der Waals surface area contributed by atoms with Crippen LogP contribution in [0, 0.1) is 0 Å². The molecule has 0 saturated heterocycles. The van der Waals surface area contributed by atoms with E-state index in [0.29, 0.717) is 16.5 Å². The molecule has 0 aromatic heterocycles. The van der Waals surface area contributed by atoms with Gasteiger partial charge in [-0.1, -0.05) is 46.1 Å². The Hall–Kier alpha value is -0.240. The molecule has 0 spiro atoms. The molecule has 2 aromatic rings. The first-order valence-corrected chi connectivity index (χ1v) is 8.25. The molecule has 0 aliphatic heterocycles. The summed E-state index contributed by atoms with van der Waals surface area (Å²) in [5.41, 5.74) is -0.573. The third-order valence-electron chi connectivity index (χ3n) is 3.10. The van der Waals surface area contributed by atoms with Gasteiger partial charge < -0.3 is 4.74 Å². The number of hydrogen-bond donors (Lipinski definition) is 0. The van der Waals surface area contributed by atoms with Crippen LogP contribution in [0.4, 0.5) is 13.2 Å². The van der Waals surface area contributed by atoms with E-state index in [2.05, 4.69) is 15.9 Å². The fourth-order valence-corrected chi connectivity index (χ4v) is 2.94. The average Bonchev–Trinajstić information content (AvgIpc) is 2.50. The van der Waals surface area contributed by atoms with Gasteiger partial charge in [0.15, 0.2) is 11.5 Å². The Bertz CT molecular complexity index is 774. The van der Waals surface area contributed by atoms with Crippen LogP contribution in [0.3, 0.4) is 0 Å². The first kappa shape index (κ1) is 22.8. The van der Waals surface area contributed by atoms with E-state index in [1.807, 2.05) is 0 Å². The number of ketones is 1. The summed E-state index contributed by atoms with van der Waals surface area (Å²) in [7, 11) is 0. The van der Waals surface area contributed by atoms with Gasteiger partial charge in [-0.05, 0) is 30.3 Å². The predicted molar refractivity (Wildman–Crippen MR) is 97.5 cm³/mol. The molecule has 0 N–H and O–H groups in total. The summed E-state index contributed by atoms with van der Waals surface area (Å²) in [4.78, 5) is 11.9. The number of carbonyl (C=O) groups is 1. The zero-order chi connectivity index (χ0) is 18.1. The Morgan fingerprint density at radius 1 is 1.16 bits per heavy atom. The molecule has 25 heavy (non-hydrogen) atoms. The van der Waals surface area contributed by atoms with E-state index in [1.54, 1.807) is 19.1 Å². The number of halogens is 6. The Kier molecular flexibility index (Phi) is 8.31. The molecule has 0 saturated carbocycles. The SMILES string of the molecule is CCC(=O)c1cc(Oc2c(Cl)cc(C(F)(F)F)cc2Cl)ccc1Br.[NaH]. The van der Waals surface area contributed by atoms with Crippen LogP contribution in [-0.4, -0.2) is 35.3 Å². The summed E-state index contributed by atoms with van der Waals surface area (Å²) in [5, 5.41) is -0.553. The topological polar surface area (TPSA) is 26.3 Å². The van der Waals surface area contributed by atoms with Crippen LogP contribution < -0.4 is 4.74 Å². The van der Waals surface area contributed by atoms with Crippen LogP contribution in [0.25, 0.3) is 0 Å². The van der Waals surface area contributed by atoms with Gasteiger partial charge in [0.25, 0.3) is 0 Å². The van der Waals surface area contributed by atoms with Crippen molar-refractivity contribution in [3.63, 3.8) is 0 Å². The van der Waals surface area contributed by atoms with Gasteiger partial charge in [-0.2, -0.15) is 13.2 Å². The summed E-state index contributed by atoms with van der Waals surface area (Å²) < 4.78 is 44.3. The van der Waals surface area contributed by atoms with Crippen LogP contribution in [-0.2, 0) is 6.18 Å². The molecule has 0 fully saturated rings. The van der Waals surface area contributed by atoms with Crippen molar-refractivity contribution in [2.75, 3.05) is 0 Å². The minimum atomic E-state index is -4.57. The van der Waals surface area contributed by atoms with Crippen molar-refractivity contribution in [3.8, 4) is 11.5 Å². The number of hydrogen-bond acceptors (Lipinski definition) is 2. The minimum absolute atomic E-state index is 0. The summed E-state index contributed by atoms with van der Waals surface area (Å²) in [5.74, 6) is 0.0130. The Morgan fingerprint density at radius 2 is 1.72 bits per heavy atom. The van der Waals surface area contributed by atoms with Gasteiger partial charge >= 0.3 is 35.7 Å². The molecule has 0 unspecified atom stereocenters. The van der Waals surface area contributed by atoms with Crippen LogP contribution in [0.15, 0.2) is 34.8 Å². The zero-order valence-electron chi connectivity index (χ0n) is 12.2. The van der Waals surface area contributed by atoms with Gasteiger partial charge in [0.05, 0.1) is 15.6 Å². The monoisotopic (exact) mass is 464 g/mol. The van der Waals surface area contributed by atoms with E-state index < -0.39 is 11.7 Å². The number of ether oxygens (including phenoxy) is 1. The third-order valence-corrected chi connectivity index (χ3v) is 4.36. The Balaban J connectivity index is 0.00000312. The van der Waals surface area contributed by atoms with E-state index in [4.69, 9.17) is 27.9 Å². The molecule has 130 valence electrons. The third kappa shape index (κ3) is 5.62. The number of alkyl halides is 3. The van der Waals surface area contributed by atoms with Crippen molar-refractivity contribution in [1.29, 1.82) is 0 Å². The van der Waals surface area contributed by atoms with Crippen molar-refractivity contribution in [1.82, 2.24) is 0 Å². The van der Waals surface area contributed by atoms with Gasteiger partial charge in [-0.15, -0.1) is 0 Å². The second-order valence-corrected chi connectivity index (χ2v) is 6.46. The van der Waals surface area contributed by atoms with E-state index in [9.17, 15) is 18.0 Å². The normalized spacial score (nSPS) is 11.0. The van der Waals surface area contributed by atoms with Crippen LogP contribution in [0.1, 0.15) is 29.3 Å². The molecule has 2 aromatic carbocycles. The summed E-state index contributed by atoms with van der Waals surface area (Å²) >= 11 is 15.0. The van der Waals surface area contributed by atoms with E-state index in [-0.39, 0.29) is 56.9 Å². The second kappa shape index (κ2) is 9.11. The number of benzene rings is 2. The first-order chi connectivity index (χ1) is 11.1. The molecule has 0 radical (unpaired) electrons. The fourth-order valence-electron chi connectivity index (χ4n) is 1.91. The van der Waals surface area contributed by atoms with E-state index in [0.717, 1.165) is 12.1 Å². The Labute approximate surface area is 183 Å². The van der Waals surface area contributed by atoms with Crippen molar-refractivity contribution in [2.24, 2.45) is 0 Å². The van der Waals surface area contributed by atoms with Crippen molar-refractivity contribution < 1.29 is 22.7 Å². The molecule has 2 rings (SSSR count). The second-order valence-electron chi connectivity index (χ2n) is 4.79. The number of rotatable bonds is 4. The maximum absolute atomic E-state index is 12.7. The maximum atomic E-state index is 12.7. The van der Waals surface area contributed by atoms with E-state index >= 15 is 0 Å². The van der Waals surface area contributed by atoms with Gasteiger partial charge in [-0.3, -0.25) is 4.79 Å². The van der Waals surface area contributed by atoms with Gasteiger partial charge in [-0.25, -0.2) is 0 Å². The molecular weight excluding hydrogens is 455 g/mol. The molecule has 2 nitrogen and oxygen atoms in total. The zero-order valence-corrected chi connectivity index (χ0v) is 15.3. The van der Waals surface area contributed by atoms with Crippen molar-refractivity contribution in [3.05, 3.63) is 56.0 Å². The van der Waals surface area contributed by atoms with Gasteiger partial charge in [0.2, 0.25) is 0 Å². The summed E-state index contributed by atoms with van der Waals surface area (Å²) in [6, 6.07) is 6.09. The van der Waals surface area contributed by atoms with Crippen LogP contribution in [0.2, 0.25) is 10.0 Å². The molecule has 0 aliphatic carbocycles. The fraction of sp³-hybridized carbons (Fsp3) is 0.188. The molecule has 9 heteroatoms. The summed E-state index contributed by atoms with van der Waals surface area (Å²) in [6.07, 6.45) is -4.27. The Morgan fingerprint density at radius 3 is 2.20 bits per heavy atom. The standard InChI is InChI=1S/C16H10BrCl2F3O2.Na.H/c1-2-14(23)10-7-9(3-4-11(10)17)24-15-12(18)5-8(6-13(15)19)16(20,21)22;;/h3-7H,2H2,1H3;;. The summed E-state index contributed by atoms with van der Waals surface area (Å²) in [6.45, 7) is 1.71. The number of Topliss-reactive ketones (excluding diaryl/α,β-unsaturated/α-hetero) is 1. The number of carbonyl (C=O) groups excluding carboxylic acids is 1. The van der Waals surface area contributed by atoms with Crippen molar-refractivity contribution in [2.45, 2.75) is 19.5 Å². The molecule has 0 atom stereocenters. The van der Waals surface area contributed by atoms with Crippen LogP contribution in [0.5, 0.6) is 11.5 Å². The van der Waals surface area contributed by atoms with Gasteiger partial charge in [0, 0.05) is 16.5 Å². The molecular formula is C16H11BrCl2F3NaO2. The van der Waals surface area contributed by atoms with Gasteiger partial charge in [0.1, 0.15) is 5.75 Å². The first-order valence-electron chi connectivity index (χ1n) is 6.70. The van der Waals surface area contributed by atoms with Crippen LogP contribution >= 0.6 is 39.1 Å². The predicted octanol–water partition coefficient (Wildman–Crippen LogP) is 6.51. The average molecular weight is 466 g/mol. The molecule has 0 amide bonds. The molecule has 0 heterocycles.